The molecule has 1 nitrogen and oxygen atoms in total. The predicted octanol–water partition coefficient (Wildman–Crippen LogP) is 5.22. The van der Waals surface area contributed by atoms with Crippen LogP contribution in [0, 0.1) is 11.8 Å². The van der Waals surface area contributed by atoms with E-state index in [1.54, 1.807) is 0 Å². The molecule has 0 spiro atoms. The van der Waals surface area contributed by atoms with Crippen molar-refractivity contribution in [3.05, 3.63) is 19.2 Å². The van der Waals surface area contributed by atoms with Crippen LogP contribution in [-0.2, 0) is 0 Å². The topological polar surface area (TPSA) is 12.0 Å². The average molecular weight is 369 g/mol. The van der Waals surface area contributed by atoms with E-state index >= 15 is 0 Å². The van der Waals surface area contributed by atoms with Gasteiger partial charge in [-0.1, -0.05) is 27.7 Å². The summed E-state index contributed by atoms with van der Waals surface area (Å²) < 4.78 is 2.34. The van der Waals surface area contributed by atoms with Crippen molar-refractivity contribution in [2.24, 2.45) is 11.8 Å². The van der Waals surface area contributed by atoms with Crippen molar-refractivity contribution < 1.29 is 0 Å². The lowest BCUT2D eigenvalue weighted by Gasteiger charge is -2.26. The minimum atomic E-state index is 0.456. The highest BCUT2D eigenvalue weighted by molar-refractivity contribution is 9.13. The van der Waals surface area contributed by atoms with E-state index in [1.807, 2.05) is 11.3 Å². The van der Waals surface area contributed by atoms with Crippen molar-refractivity contribution in [2.75, 3.05) is 6.54 Å². The lowest BCUT2D eigenvalue weighted by molar-refractivity contribution is 0.311. The number of nitrogens with one attached hydrogen (secondary N) is 1. The zero-order valence-corrected chi connectivity index (χ0v) is 14.2. The fourth-order valence-electron chi connectivity index (χ4n) is 1.67. The molecule has 0 saturated heterocycles. The van der Waals surface area contributed by atoms with Gasteiger partial charge in [-0.15, -0.1) is 11.3 Å². The van der Waals surface area contributed by atoms with Gasteiger partial charge in [0.05, 0.1) is 3.79 Å². The Kier molecular flexibility index (Phi) is 5.99. The Bertz CT molecular complexity index is 316. The molecule has 4 heteroatoms. The lowest BCUT2D eigenvalue weighted by atomic mass is 9.89. The van der Waals surface area contributed by atoms with Gasteiger partial charge in [-0.3, -0.25) is 0 Å². The molecule has 1 N–H and O–H groups in total. The average Bonchev–Trinajstić information content (AvgIpc) is 2.54. The molecule has 0 radical (unpaired) electrons. The highest BCUT2D eigenvalue weighted by Gasteiger charge is 2.23. The fourth-order valence-corrected chi connectivity index (χ4v) is 3.95. The molecule has 0 saturated carbocycles. The van der Waals surface area contributed by atoms with Crippen LogP contribution in [0.1, 0.15) is 38.6 Å². The molecule has 0 amide bonds. The molecule has 92 valence electrons. The van der Waals surface area contributed by atoms with E-state index in [2.05, 4.69) is 70.9 Å². The Balaban J connectivity index is 2.92. The first-order valence-corrected chi connectivity index (χ1v) is 8.05. The third-order valence-electron chi connectivity index (χ3n) is 2.97. The van der Waals surface area contributed by atoms with Gasteiger partial charge >= 0.3 is 0 Å². The van der Waals surface area contributed by atoms with E-state index in [0.29, 0.717) is 17.9 Å². The van der Waals surface area contributed by atoms with Crippen molar-refractivity contribution in [3.8, 4) is 0 Å². The Morgan fingerprint density at radius 1 is 1.31 bits per heavy atom. The minimum Gasteiger partial charge on any atom is -0.309 e. The van der Waals surface area contributed by atoms with Gasteiger partial charge in [-0.05, 0) is 56.3 Å². The van der Waals surface area contributed by atoms with Crippen LogP contribution in [0.5, 0.6) is 0 Å². The molecule has 0 fully saturated rings. The molecule has 0 aliphatic heterocycles. The van der Waals surface area contributed by atoms with Gasteiger partial charge < -0.3 is 5.32 Å². The van der Waals surface area contributed by atoms with Crippen molar-refractivity contribution in [1.29, 1.82) is 0 Å². The Morgan fingerprint density at radius 3 is 2.31 bits per heavy atom. The van der Waals surface area contributed by atoms with E-state index in [0.717, 1.165) is 11.0 Å². The summed E-state index contributed by atoms with van der Waals surface area (Å²) in [6.07, 6.45) is 0. The third-order valence-corrected chi connectivity index (χ3v) is 6.31. The number of hydrogen-bond acceptors (Lipinski definition) is 2. The molecular weight excluding hydrogens is 350 g/mol. The van der Waals surface area contributed by atoms with Gasteiger partial charge in [0.25, 0.3) is 0 Å². The molecule has 2 atom stereocenters. The second kappa shape index (κ2) is 6.53. The highest BCUT2D eigenvalue weighted by Crippen LogP contribution is 2.39. The minimum absolute atomic E-state index is 0.456. The molecule has 0 aliphatic rings. The first-order valence-electron chi connectivity index (χ1n) is 5.65. The first kappa shape index (κ1) is 14.7. The smallest absolute Gasteiger partial charge is 0.0843 e. The normalized spacial score (nSPS) is 15.4. The number of thiophene rings is 1. The highest BCUT2D eigenvalue weighted by atomic mass is 79.9. The molecule has 0 aliphatic carbocycles. The van der Waals surface area contributed by atoms with Crippen molar-refractivity contribution in [2.45, 2.75) is 33.7 Å². The van der Waals surface area contributed by atoms with E-state index < -0.39 is 0 Å². The summed E-state index contributed by atoms with van der Waals surface area (Å²) in [7, 11) is 0. The molecular formula is C12H19Br2NS. The number of rotatable bonds is 5. The zero-order chi connectivity index (χ0) is 12.3. The van der Waals surface area contributed by atoms with E-state index in [1.165, 1.54) is 8.66 Å². The van der Waals surface area contributed by atoms with Crippen molar-refractivity contribution in [1.82, 2.24) is 5.32 Å². The number of hydrogen-bond donors (Lipinski definition) is 1. The van der Waals surface area contributed by atoms with E-state index in [4.69, 9.17) is 0 Å². The standard InChI is InChI=1S/C12H19Br2NS/c1-5-15-11(8(4)7(2)3)10-6-9(13)12(14)16-10/h6-8,11,15H,5H2,1-4H3. The van der Waals surface area contributed by atoms with Gasteiger partial charge in [0.1, 0.15) is 0 Å². The summed E-state index contributed by atoms with van der Waals surface area (Å²) in [5.74, 6) is 1.32. The Labute approximate surface area is 119 Å². The third kappa shape index (κ3) is 3.56. The van der Waals surface area contributed by atoms with Crippen molar-refractivity contribution >= 4 is 43.2 Å². The SMILES string of the molecule is CCNC(c1cc(Br)c(Br)s1)C(C)C(C)C. The summed E-state index contributed by atoms with van der Waals surface area (Å²) >= 11 is 8.94. The van der Waals surface area contributed by atoms with E-state index in [9.17, 15) is 0 Å². The van der Waals surface area contributed by atoms with E-state index in [-0.39, 0.29) is 0 Å². The van der Waals surface area contributed by atoms with Crippen LogP contribution in [0.15, 0.2) is 14.3 Å². The molecule has 1 rings (SSSR count). The molecule has 1 aromatic heterocycles. The maximum absolute atomic E-state index is 3.59. The predicted molar refractivity (Wildman–Crippen MR) is 80.1 cm³/mol. The molecule has 0 bridgehead atoms. The molecule has 1 heterocycles. The van der Waals surface area contributed by atoms with Crippen LogP contribution >= 0.6 is 43.2 Å². The van der Waals surface area contributed by atoms with Crippen LogP contribution in [-0.4, -0.2) is 6.54 Å². The van der Waals surface area contributed by atoms with Gasteiger partial charge in [0.2, 0.25) is 0 Å². The quantitative estimate of drug-likeness (QED) is 0.751. The summed E-state index contributed by atoms with van der Waals surface area (Å²) in [5, 5.41) is 3.59. The van der Waals surface area contributed by atoms with Crippen LogP contribution in [0.25, 0.3) is 0 Å². The number of halogens is 2. The lowest BCUT2D eigenvalue weighted by Crippen LogP contribution is -2.28. The van der Waals surface area contributed by atoms with Crippen LogP contribution in [0.4, 0.5) is 0 Å². The summed E-state index contributed by atoms with van der Waals surface area (Å²) in [6, 6.07) is 2.68. The molecule has 1 aromatic rings. The van der Waals surface area contributed by atoms with Crippen LogP contribution in [0.2, 0.25) is 0 Å². The summed E-state index contributed by atoms with van der Waals surface area (Å²) in [5.41, 5.74) is 0. The molecule has 16 heavy (non-hydrogen) atoms. The second-order valence-corrected chi connectivity index (χ2v) is 7.66. The maximum atomic E-state index is 3.59. The van der Waals surface area contributed by atoms with Gasteiger partial charge in [-0.2, -0.15) is 0 Å². The van der Waals surface area contributed by atoms with Crippen LogP contribution < -0.4 is 5.32 Å². The van der Waals surface area contributed by atoms with Crippen molar-refractivity contribution in [3.63, 3.8) is 0 Å². The van der Waals surface area contributed by atoms with Crippen LogP contribution in [0.3, 0.4) is 0 Å². The first-order chi connectivity index (χ1) is 7.47. The fraction of sp³-hybridized carbons (Fsp3) is 0.667. The van der Waals surface area contributed by atoms with Gasteiger partial charge in [-0.25, -0.2) is 0 Å². The zero-order valence-electron chi connectivity index (χ0n) is 10.2. The second-order valence-electron chi connectivity index (χ2n) is 4.41. The van der Waals surface area contributed by atoms with Gasteiger partial charge in [0, 0.05) is 15.4 Å². The molecule has 2 unspecified atom stereocenters. The summed E-state index contributed by atoms with van der Waals surface area (Å²) in [6.45, 7) is 10.1. The molecule has 0 aromatic carbocycles. The van der Waals surface area contributed by atoms with Gasteiger partial charge in [0.15, 0.2) is 0 Å². The largest absolute Gasteiger partial charge is 0.309 e. The maximum Gasteiger partial charge on any atom is 0.0843 e. The monoisotopic (exact) mass is 367 g/mol. The Hall–Kier alpha value is 0.620. The Morgan fingerprint density at radius 2 is 1.94 bits per heavy atom. The summed E-state index contributed by atoms with van der Waals surface area (Å²) in [4.78, 5) is 1.40.